The van der Waals surface area contributed by atoms with E-state index in [0.717, 1.165) is 30.0 Å². The minimum Gasteiger partial charge on any atom is -0.491 e. The molecule has 110 valence electrons. The van der Waals surface area contributed by atoms with E-state index in [9.17, 15) is 0 Å². The molecule has 20 heavy (non-hydrogen) atoms. The van der Waals surface area contributed by atoms with Crippen molar-refractivity contribution in [1.29, 1.82) is 0 Å². The van der Waals surface area contributed by atoms with Gasteiger partial charge in [-0.15, -0.1) is 0 Å². The van der Waals surface area contributed by atoms with E-state index in [-0.39, 0.29) is 12.9 Å². The number of hydrogen-bond acceptors (Lipinski definition) is 4. The molecule has 1 fully saturated rings. The smallest absolute Gasteiger partial charge is 0.164 e. The Hall–Kier alpha value is -1.52. The Bertz CT molecular complexity index is 487. The molecule has 0 aromatic heterocycles. The lowest BCUT2D eigenvalue weighted by Gasteiger charge is -2.51. The van der Waals surface area contributed by atoms with Crippen molar-refractivity contribution >= 4 is 5.69 Å². The van der Waals surface area contributed by atoms with E-state index in [1.807, 2.05) is 32.9 Å². The molecule has 1 N–H and O–H groups in total. The van der Waals surface area contributed by atoms with E-state index in [1.165, 1.54) is 0 Å². The van der Waals surface area contributed by atoms with E-state index in [0.29, 0.717) is 0 Å². The molecule has 1 aromatic carbocycles. The summed E-state index contributed by atoms with van der Waals surface area (Å²) in [4.78, 5) is 2.09. The molecule has 0 radical (unpaired) electrons. The molecular weight excluding hydrogens is 254 g/mol. The van der Waals surface area contributed by atoms with Crippen molar-refractivity contribution in [1.82, 2.24) is 0 Å². The molecule has 1 heterocycles. The van der Waals surface area contributed by atoms with Crippen molar-refractivity contribution in [2.24, 2.45) is 0 Å². The van der Waals surface area contributed by atoms with Crippen LogP contribution in [0.4, 0.5) is 5.69 Å². The number of ether oxygens (including phenoxy) is 2. The number of benzene rings is 1. The van der Waals surface area contributed by atoms with Crippen LogP contribution in [-0.2, 0) is 4.74 Å². The lowest BCUT2D eigenvalue weighted by Crippen LogP contribution is -2.60. The molecule has 4 heteroatoms. The van der Waals surface area contributed by atoms with E-state index in [2.05, 4.69) is 17.5 Å². The summed E-state index contributed by atoms with van der Waals surface area (Å²) in [6.45, 7) is 10.4. The van der Waals surface area contributed by atoms with Crippen LogP contribution < -0.4 is 9.64 Å². The molecule has 4 nitrogen and oxygen atoms in total. The highest BCUT2D eigenvalue weighted by atomic mass is 16.6. The zero-order valence-electron chi connectivity index (χ0n) is 12.4. The molecule has 1 atom stereocenters. The summed E-state index contributed by atoms with van der Waals surface area (Å²) in [5.74, 6) is 0.851. The first-order valence-corrected chi connectivity index (χ1v) is 6.95. The summed E-state index contributed by atoms with van der Waals surface area (Å²) in [6.07, 6.45) is 2.71. The highest BCUT2D eigenvalue weighted by Gasteiger charge is 2.43. The van der Waals surface area contributed by atoms with Crippen molar-refractivity contribution in [2.75, 3.05) is 18.2 Å². The Morgan fingerprint density at radius 1 is 1.45 bits per heavy atom. The quantitative estimate of drug-likeness (QED) is 0.641. The van der Waals surface area contributed by atoms with E-state index < -0.39 is 5.72 Å². The van der Waals surface area contributed by atoms with Crippen molar-refractivity contribution in [3.8, 4) is 5.75 Å². The first kappa shape index (κ1) is 14.9. The third kappa shape index (κ3) is 2.81. The normalized spacial score (nSPS) is 21.8. The van der Waals surface area contributed by atoms with Crippen LogP contribution in [0.3, 0.4) is 0 Å². The summed E-state index contributed by atoms with van der Waals surface area (Å²) in [5, 5.41) is 9.07. The van der Waals surface area contributed by atoms with Gasteiger partial charge in [-0.2, -0.15) is 0 Å². The maximum Gasteiger partial charge on any atom is 0.164 e. The third-order valence-corrected chi connectivity index (χ3v) is 3.50. The predicted octanol–water partition coefficient (Wildman–Crippen LogP) is 2.84. The second-order valence-electron chi connectivity index (χ2n) is 5.39. The number of aliphatic hydroxyl groups excluding tert-OH is 1. The SMILES string of the molecule is C=CC1(OCO)CCN1c1cc(C)cc(OC(C)C)c1. The fourth-order valence-corrected chi connectivity index (χ4v) is 2.55. The van der Waals surface area contributed by atoms with Crippen LogP contribution in [0.1, 0.15) is 25.8 Å². The van der Waals surface area contributed by atoms with Crippen molar-refractivity contribution in [2.45, 2.75) is 39.0 Å². The number of nitrogens with zero attached hydrogens (tertiary/aromatic N) is 1. The van der Waals surface area contributed by atoms with Crippen LogP contribution in [0.25, 0.3) is 0 Å². The second kappa shape index (κ2) is 5.85. The van der Waals surface area contributed by atoms with Crippen LogP contribution in [0, 0.1) is 6.92 Å². The highest BCUT2D eigenvalue weighted by molar-refractivity contribution is 5.57. The highest BCUT2D eigenvalue weighted by Crippen LogP contribution is 2.39. The van der Waals surface area contributed by atoms with Gasteiger partial charge in [0.25, 0.3) is 0 Å². The largest absolute Gasteiger partial charge is 0.491 e. The molecule has 1 aliphatic rings. The lowest BCUT2D eigenvalue weighted by molar-refractivity contribution is -0.117. The average Bonchev–Trinajstić information content (AvgIpc) is 2.32. The lowest BCUT2D eigenvalue weighted by atomic mass is 9.96. The van der Waals surface area contributed by atoms with Crippen LogP contribution in [0.15, 0.2) is 30.9 Å². The topological polar surface area (TPSA) is 41.9 Å². The van der Waals surface area contributed by atoms with Crippen molar-refractivity contribution < 1.29 is 14.6 Å². The average molecular weight is 277 g/mol. The van der Waals surface area contributed by atoms with Gasteiger partial charge >= 0.3 is 0 Å². The van der Waals surface area contributed by atoms with Crippen LogP contribution in [-0.4, -0.2) is 30.3 Å². The van der Waals surface area contributed by atoms with Gasteiger partial charge in [0, 0.05) is 24.7 Å². The first-order valence-electron chi connectivity index (χ1n) is 6.95. The minimum atomic E-state index is -0.600. The number of hydrogen-bond donors (Lipinski definition) is 1. The zero-order valence-corrected chi connectivity index (χ0v) is 12.4. The molecule has 0 amide bonds. The van der Waals surface area contributed by atoms with Gasteiger partial charge in [-0.3, -0.25) is 0 Å². The third-order valence-electron chi connectivity index (χ3n) is 3.50. The fraction of sp³-hybridized carbons (Fsp3) is 0.500. The maximum absolute atomic E-state index is 9.07. The summed E-state index contributed by atoms with van der Waals surface area (Å²) in [7, 11) is 0. The van der Waals surface area contributed by atoms with Gasteiger partial charge in [0.1, 0.15) is 12.5 Å². The van der Waals surface area contributed by atoms with Gasteiger partial charge in [-0.25, -0.2) is 0 Å². The van der Waals surface area contributed by atoms with Gasteiger partial charge in [-0.05, 0) is 44.5 Å². The Kier molecular flexibility index (Phi) is 4.35. The Labute approximate surface area is 120 Å². The predicted molar refractivity (Wildman–Crippen MR) is 80.0 cm³/mol. The van der Waals surface area contributed by atoms with Crippen molar-refractivity contribution in [3.63, 3.8) is 0 Å². The van der Waals surface area contributed by atoms with E-state index >= 15 is 0 Å². The van der Waals surface area contributed by atoms with Gasteiger partial charge in [0.2, 0.25) is 0 Å². The molecule has 0 saturated carbocycles. The minimum absolute atomic E-state index is 0.138. The Morgan fingerprint density at radius 2 is 2.20 bits per heavy atom. The maximum atomic E-state index is 9.07. The molecule has 1 aliphatic heterocycles. The Balaban J connectivity index is 2.28. The monoisotopic (exact) mass is 277 g/mol. The molecule has 0 aliphatic carbocycles. The van der Waals surface area contributed by atoms with Crippen LogP contribution in [0.2, 0.25) is 0 Å². The van der Waals surface area contributed by atoms with Crippen molar-refractivity contribution in [3.05, 3.63) is 36.4 Å². The van der Waals surface area contributed by atoms with Gasteiger partial charge in [-0.1, -0.05) is 6.58 Å². The van der Waals surface area contributed by atoms with E-state index in [1.54, 1.807) is 6.08 Å². The summed E-state index contributed by atoms with van der Waals surface area (Å²) in [5.41, 5.74) is 1.56. The molecular formula is C16H23NO3. The summed E-state index contributed by atoms with van der Waals surface area (Å²) >= 11 is 0. The summed E-state index contributed by atoms with van der Waals surface area (Å²) < 4.78 is 11.2. The van der Waals surface area contributed by atoms with Gasteiger partial charge in [0.05, 0.1) is 6.10 Å². The number of aliphatic hydroxyl groups is 1. The zero-order chi connectivity index (χ0) is 14.8. The first-order chi connectivity index (χ1) is 9.50. The van der Waals surface area contributed by atoms with Gasteiger partial charge < -0.3 is 19.5 Å². The Morgan fingerprint density at radius 3 is 2.70 bits per heavy atom. The molecule has 1 unspecified atom stereocenters. The van der Waals surface area contributed by atoms with Gasteiger partial charge in [0.15, 0.2) is 5.72 Å². The number of anilines is 1. The molecule has 0 bridgehead atoms. The number of rotatable bonds is 6. The molecule has 2 rings (SSSR count). The fourth-order valence-electron chi connectivity index (χ4n) is 2.55. The van der Waals surface area contributed by atoms with Crippen LogP contribution in [0.5, 0.6) is 5.75 Å². The standard InChI is InChI=1S/C16H23NO3/c1-5-16(19-11-18)6-7-17(16)14-8-13(4)9-15(10-14)20-12(2)3/h5,8-10,12,18H,1,6-7,11H2,2-4H3. The van der Waals surface area contributed by atoms with Crippen LogP contribution >= 0.6 is 0 Å². The molecule has 1 aromatic rings. The van der Waals surface area contributed by atoms with E-state index in [4.69, 9.17) is 14.6 Å². The number of aryl methyl sites for hydroxylation is 1. The summed E-state index contributed by atoms with van der Waals surface area (Å²) in [6, 6.07) is 6.11. The molecule has 0 spiro atoms. The molecule has 1 saturated heterocycles. The second-order valence-corrected chi connectivity index (χ2v) is 5.39.